The number of aromatic nitrogens is 2. The smallest absolute Gasteiger partial charge is 0.0726 e. The number of benzene rings is 1. The van der Waals surface area contributed by atoms with E-state index >= 15 is 0 Å². The normalized spacial score (nSPS) is 14.5. The summed E-state index contributed by atoms with van der Waals surface area (Å²) >= 11 is 0. The standard InChI is InChI=1S/C20H18N2/c1-13-8-9-21-11-16(13)19-10-15-14-6-4-5-7-17(14)20(2,3)18(15)12-22-19/h4-12H,1-3H3. The van der Waals surface area contributed by atoms with Crippen molar-refractivity contribution in [2.45, 2.75) is 26.2 Å². The average Bonchev–Trinajstić information content (AvgIpc) is 2.76. The molecule has 0 saturated heterocycles. The first-order valence-electron chi connectivity index (χ1n) is 7.60. The number of rotatable bonds is 1. The van der Waals surface area contributed by atoms with Crippen LogP contribution in [0.5, 0.6) is 0 Å². The van der Waals surface area contributed by atoms with Gasteiger partial charge in [-0.25, -0.2) is 0 Å². The van der Waals surface area contributed by atoms with Crippen molar-refractivity contribution in [2.24, 2.45) is 0 Å². The lowest BCUT2D eigenvalue weighted by Crippen LogP contribution is -2.15. The highest BCUT2D eigenvalue weighted by molar-refractivity contribution is 5.83. The zero-order valence-corrected chi connectivity index (χ0v) is 13.1. The summed E-state index contributed by atoms with van der Waals surface area (Å²) in [5.41, 5.74) is 8.63. The van der Waals surface area contributed by atoms with Gasteiger partial charge in [0.2, 0.25) is 0 Å². The molecular formula is C20H18N2. The Morgan fingerprint density at radius 2 is 1.68 bits per heavy atom. The molecule has 0 fully saturated rings. The van der Waals surface area contributed by atoms with Crippen LogP contribution in [0.25, 0.3) is 22.4 Å². The van der Waals surface area contributed by atoms with Gasteiger partial charge in [0.05, 0.1) is 5.69 Å². The van der Waals surface area contributed by atoms with Crippen LogP contribution in [-0.4, -0.2) is 9.97 Å². The van der Waals surface area contributed by atoms with E-state index in [1.165, 1.54) is 27.8 Å². The van der Waals surface area contributed by atoms with Crippen molar-refractivity contribution in [3.05, 3.63) is 71.7 Å². The Balaban J connectivity index is 1.97. The lowest BCUT2D eigenvalue weighted by molar-refractivity contribution is 0.657. The molecule has 0 radical (unpaired) electrons. The Morgan fingerprint density at radius 3 is 2.50 bits per heavy atom. The Labute approximate surface area is 130 Å². The van der Waals surface area contributed by atoms with Crippen molar-refractivity contribution in [3.8, 4) is 22.4 Å². The predicted molar refractivity (Wildman–Crippen MR) is 89.8 cm³/mol. The first-order valence-corrected chi connectivity index (χ1v) is 7.60. The van der Waals surface area contributed by atoms with Gasteiger partial charge in [-0.15, -0.1) is 0 Å². The molecule has 0 aliphatic heterocycles. The van der Waals surface area contributed by atoms with Crippen LogP contribution in [0.1, 0.15) is 30.5 Å². The van der Waals surface area contributed by atoms with Gasteiger partial charge in [0.25, 0.3) is 0 Å². The summed E-state index contributed by atoms with van der Waals surface area (Å²) in [4.78, 5) is 8.97. The molecule has 0 atom stereocenters. The van der Waals surface area contributed by atoms with E-state index in [9.17, 15) is 0 Å². The van der Waals surface area contributed by atoms with E-state index in [0.29, 0.717) is 0 Å². The Morgan fingerprint density at radius 1 is 0.864 bits per heavy atom. The van der Waals surface area contributed by atoms with Crippen LogP contribution in [0, 0.1) is 6.92 Å². The summed E-state index contributed by atoms with van der Waals surface area (Å²) in [7, 11) is 0. The lowest BCUT2D eigenvalue weighted by Gasteiger charge is -2.20. The average molecular weight is 286 g/mol. The molecule has 2 aromatic heterocycles. The molecule has 0 spiro atoms. The van der Waals surface area contributed by atoms with Gasteiger partial charge in [-0.05, 0) is 46.9 Å². The van der Waals surface area contributed by atoms with E-state index in [1.54, 1.807) is 0 Å². The van der Waals surface area contributed by atoms with E-state index in [0.717, 1.165) is 11.3 Å². The minimum Gasteiger partial charge on any atom is -0.264 e. The topological polar surface area (TPSA) is 25.8 Å². The van der Waals surface area contributed by atoms with Crippen molar-refractivity contribution in [3.63, 3.8) is 0 Å². The van der Waals surface area contributed by atoms with Crippen LogP contribution in [0.3, 0.4) is 0 Å². The Hall–Kier alpha value is -2.48. The van der Waals surface area contributed by atoms with E-state index in [-0.39, 0.29) is 5.41 Å². The fraction of sp³-hybridized carbons (Fsp3) is 0.200. The molecule has 1 aliphatic rings. The fourth-order valence-electron chi connectivity index (χ4n) is 3.46. The third-order valence-electron chi connectivity index (χ3n) is 4.78. The summed E-state index contributed by atoms with van der Waals surface area (Å²) in [5, 5.41) is 0. The van der Waals surface area contributed by atoms with Crippen molar-refractivity contribution >= 4 is 0 Å². The second-order valence-corrected chi connectivity index (χ2v) is 6.48. The van der Waals surface area contributed by atoms with Gasteiger partial charge in [0, 0.05) is 29.6 Å². The molecule has 0 unspecified atom stereocenters. The monoisotopic (exact) mass is 286 g/mol. The zero-order valence-electron chi connectivity index (χ0n) is 13.1. The van der Waals surface area contributed by atoms with E-state index < -0.39 is 0 Å². The predicted octanol–water partition coefficient (Wildman–Crippen LogP) is 4.76. The van der Waals surface area contributed by atoms with Crippen LogP contribution in [0.2, 0.25) is 0 Å². The van der Waals surface area contributed by atoms with Crippen LogP contribution < -0.4 is 0 Å². The van der Waals surface area contributed by atoms with E-state index in [4.69, 9.17) is 4.98 Å². The summed E-state index contributed by atoms with van der Waals surface area (Å²) in [6.45, 7) is 6.65. The molecule has 0 saturated carbocycles. The molecule has 2 heterocycles. The van der Waals surface area contributed by atoms with Crippen molar-refractivity contribution in [1.29, 1.82) is 0 Å². The highest BCUT2D eigenvalue weighted by Crippen LogP contribution is 2.48. The quantitative estimate of drug-likeness (QED) is 0.644. The summed E-state index contributed by atoms with van der Waals surface area (Å²) in [5.74, 6) is 0. The summed E-state index contributed by atoms with van der Waals surface area (Å²) < 4.78 is 0. The van der Waals surface area contributed by atoms with Crippen LogP contribution in [0.4, 0.5) is 0 Å². The van der Waals surface area contributed by atoms with Crippen LogP contribution in [0.15, 0.2) is 55.0 Å². The van der Waals surface area contributed by atoms with Gasteiger partial charge in [-0.1, -0.05) is 38.1 Å². The fourth-order valence-corrected chi connectivity index (χ4v) is 3.46. The third kappa shape index (κ3) is 1.73. The molecule has 3 aromatic rings. The molecule has 1 aliphatic carbocycles. The van der Waals surface area contributed by atoms with Gasteiger partial charge in [-0.2, -0.15) is 0 Å². The summed E-state index contributed by atoms with van der Waals surface area (Å²) in [6.07, 6.45) is 5.76. The third-order valence-corrected chi connectivity index (χ3v) is 4.78. The largest absolute Gasteiger partial charge is 0.264 e. The lowest BCUT2D eigenvalue weighted by atomic mass is 9.83. The molecule has 1 aromatic carbocycles. The summed E-state index contributed by atoms with van der Waals surface area (Å²) in [6, 6.07) is 12.9. The van der Waals surface area contributed by atoms with Crippen molar-refractivity contribution in [2.75, 3.05) is 0 Å². The number of hydrogen-bond acceptors (Lipinski definition) is 2. The number of nitrogens with zero attached hydrogens (tertiary/aromatic N) is 2. The molecule has 0 bridgehead atoms. The van der Waals surface area contributed by atoms with Gasteiger partial charge in [0.15, 0.2) is 0 Å². The minimum absolute atomic E-state index is 0.0153. The van der Waals surface area contributed by atoms with E-state index in [2.05, 4.69) is 56.1 Å². The number of hydrogen-bond donors (Lipinski definition) is 0. The minimum atomic E-state index is 0.0153. The van der Waals surface area contributed by atoms with Crippen LogP contribution in [-0.2, 0) is 5.41 Å². The maximum Gasteiger partial charge on any atom is 0.0726 e. The molecule has 4 rings (SSSR count). The van der Waals surface area contributed by atoms with Crippen molar-refractivity contribution < 1.29 is 0 Å². The van der Waals surface area contributed by atoms with Crippen molar-refractivity contribution in [1.82, 2.24) is 9.97 Å². The molecule has 2 nitrogen and oxygen atoms in total. The first kappa shape index (κ1) is 13.2. The molecular weight excluding hydrogens is 268 g/mol. The van der Waals surface area contributed by atoms with Gasteiger partial charge >= 0.3 is 0 Å². The van der Waals surface area contributed by atoms with Gasteiger partial charge in [-0.3, -0.25) is 9.97 Å². The maximum atomic E-state index is 4.72. The van der Waals surface area contributed by atoms with Gasteiger partial charge in [0.1, 0.15) is 0 Å². The van der Waals surface area contributed by atoms with E-state index in [1.807, 2.05) is 24.7 Å². The molecule has 0 amide bonds. The molecule has 22 heavy (non-hydrogen) atoms. The highest BCUT2D eigenvalue weighted by Gasteiger charge is 2.35. The number of fused-ring (bicyclic) bond motifs is 3. The SMILES string of the molecule is Cc1ccncc1-c1cc2c(cn1)C(C)(C)c1ccccc1-2. The Bertz CT molecular complexity index is 878. The second-order valence-electron chi connectivity index (χ2n) is 6.48. The zero-order chi connectivity index (χ0) is 15.3. The molecule has 108 valence electrons. The maximum absolute atomic E-state index is 4.72. The first-order chi connectivity index (χ1) is 10.6. The van der Waals surface area contributed by atoms with Crippen LogP contribution >= 0.6 is 0 Å². The highest BCUT2D eigenvalue weighted by atomic mass is 14.7. The number of aryl methyl sites for hydroxylation is 1. The molecule has 2 heteroatoms. The Kier molecular flexibility index (Phi) is 2.70. The van der Waals surface area contributed by atoms with Gasteiger partial charge < -0.3 is 0 Å². The second kappa shape index (κ2) is 4.51. The number of pyridine rings is 2. The molecule has 0 N–H and O–H groups in total.